The third kappa shape index (κ3) is 5.04. The molecule has 0 aliphatic carbocycles. The van der Waals surface area contributed by atoms with Gasteiger partial charge in [0.1, 0.15) is 18.1 Å². The zero-order valence-corrected chi connectivity index (χ0v) is 17.0. The Morgan fingerprint density at radius 2 is 1.97 bits per heavy atom. The lowest BCUT2D eigenvalue weighted by molar-refractivity contribution is -0.137. The van der Waals surface area contributed by atoms with Gasteiger partial charge < -0.3 is 25.3 Å². The summed E-state index contributed by atoms with van der Waals surface area (Å²) in [5.41, 5.74) is 4.76. The fourth-order valence-corrected chi connectivity index (χ4v) is 3.66. The highest BCUT2D eigenvalue weighted by Crippen LogP contribution is 2.38. The van der Waals surface area contributed by atoms with Gasteiger partial charge in [-0.05, 0) is 23.3 Å². The molecule has 158 valence electrons. The van der Waals surface area contributed by atoms with E-state index in [2.05, 4.69) is 17.4 Å². The smallest absolute Gasteiger partial charge is 0.304 e. The molecule has 3 aromatic carbocycles. The molecule has 0 spiro atoms. The van der Waals surface area contributed by atoms with Crippen LogP contribution in [-0.2, 0) is 17.9 Å². The summed E-state index contributed by atoms with van der Waals surface area (Å²) in [7, 11) is 0. The van der Waals surface area contributed by atoms with E-state index in [1.54, 1.807) is 0 Å². The van der Waals surface area contributed by atoms with Crippen molar-refractivity contribution in [3.8, 4) is 11.5 Å². The van der Waals surface area contributed by atoms with Gasteiger partial charge in [0.15, 0.2) is 0 Å². The monoisotopic (exact) mass is 416 g/mol. The molecule has 0 saturated heterocycles. The van der Waals surface area contributed by atoms with E-state index in [-0.39, 0.29) is 12.3 Å². The number of ether oxygens (including phenoxy) is 2. The average Bonchev–Trinajstić information content (AvgIpc) is 3.18. The van der Waals surface area contributed by atoms with Gasteiger partial charge in [0.2, 0.25) is 0 Å². The van der Waals surface area contributed by atoms with Crippen LogP contribution in [0, 0.1) is 5.41 Å². The second-order valence-electron chi connectivity index (χ2n) is 7.50. The van der Waals surface area contributed by atoms with Crippen LogP contribution >= 0.6 is 0 Å². The Bertz CT molecular complexity index is 1080. The molecule has 0 bridgehead atoms. The molecular formula is C25H24N2O4. The molecule has 0 fully saturated rings. The van der Waals surface area contributed by atoms with Crippen molar-refractivity contribution in [3.63, 3.8) is 0 Å². The molecule has 4 rings (SSSR count). The van der Waals surface area contributed by atoms with Crippen LogP contribution in [0.5, 0.6) is 11.5 Å². The molecule has 0 saturated carbocycles. The van der Waals surface area contributed by atoms with E-state index in [9.17, 15) is 4.79 Å². The summed E-state index contributed by atoms with van der Waals surface area (Å²) < 4.78 is 11.6. The number of rotatable bonds is 9. The lowest BCUT2D eigenvalue weighted by Gasteiger charge is -2.13. The number of hydrogen-bond acceptors (Lipinski definition) is 5. The molecule has 1 heterocycles. The van der Waals surface area contributed by atoms with E-state index in [4.69, 9.17) is 20.0 Å². The third-order valence-corrected chi connectivity index (χ3v) is 5.29. The summed E-state index contributed by atoms with van der Waals surface area (Å²) in [5.74, 6) is 0.415. The molecule has 1 atom stereocenters. The topological polar surface area (TPSA) is 91.6 Å². The largest absolute Gasteiger partial charge is 0.492 e. The minimum Gasteiger partial charge on any atom is -0.492 e. The van der Waals surface area contributed by atoms with Crippen LogP contribution < -0.4 is 14.8 Å². The molecule has 0 radical (unpaired) electrons. The van der Waals surface area contributed by atoms with Gasteiger partial charge in [-0.2, -0.15) is 0 Å². The van der Waals surface area contributed by atoms with Gasteiger partial charge in [-0.15, -0.1) is 0 Å². The predicted molar refractivity (Wildman–Crippen MR) is 119 cm³/mol. The first-order valence-electron chi connectivity index (χ1n) is 10.1. The lowest BCUT2D eigenvalue weighted by Crippen LogP contribution is -2.07. The van der Waals surface area contributed by atoms with Gasteiger partial charge >= 0.3 is 5.97 Å². The number of anilines is 1. The van der Waals surface area contributed by atoms with Crippen molar-refractivity contribution in [2.45, 2.75) is 25.5 Å². The van der Waals surface area contributed by atoms with Gasteiger partial charge in [-0.25, -0.2) is 0 Å². The van der Waals surface area contributed by atoms with Crippen LogP contribution in [0.1, 0.15) is 34.6 Å². The van der Waals surface area contributed by atoms with Crippen molar-refractivity contribution in [3.05, 3.63) is 89.0 Å². The molecule has 0 amide bonds. The fraction of sp³-hybridized carbons (Fsp3) is 0.200. The highest BCUT2D eigenvalue weighted by molar-refractivity contribution is 5.86. The first-order valence-corrected chi connectivity index (χ1v) is 10.1. The molecule has 3 aromatic rings. The van der Waals surface area contributed by atoms with Crippen LogP contribution in [-0.4, -0.2) is 23.9 Å². The van der Waals surface area contributed by atoms with Gasteiger partial charge in [0.05, 0.1) is 13.0 Å². The summed E-state index contributed by atoms with van der Waals surface area (Å²) in [5, 5.41) is 20.1. The van der Waals surface area contributed by atoms with Crippen molar-refractivity contribution >= 4 is 17.9 Å². The quantitative estimate of drug-likeness (QED) is 0.435. The maximum atomic E-state index is 11.0. The average molecular weight is 416 g/mol. The number of aliphatic carboxylic acids is 1. The first kappa shape index (κ1) is 20.5. The zero-order chi connectivity index (χ0) is 21.6. The number of fused-ring (bicyclic) bond motifs is 1. The number of benzene rings is 3. The van der Waals surface area contributed by atoms with E-state index >= 15 is 0 Å². The Balaban J connectivity index is 1.42. The Morgan fingerprint density at radius 3 is 2.74 bits per heavy atom. The predicted octanol–water partition coefficient (Wildman–Crippen LogP) is 4.83. The minimum absolute atomic E-state index is 0.0608. The minimum atomic E-state index is -0.827. The van der Waals surface area contributed by atoms with E-state index in [1.165, 1.54) is 11.8 Å². The second-order valence-corrected chi connectivity index (χ2v) is 7.50. The number of nitrogens with one attached hydrogen (secondary N) is 2. The van der Waals surface area contributed by atoms with Crippen LogP contribution in [0.15, 0.2) is 66.7 Å². The summed E-state index contributed by atoms with van der Waals surface area (Å²) in [6.07, 6.45) is 1.40. The Morgan fingerprint density at radius 1 is 1.13 bits per heavy atom. The van der Waals surface area contributed by atoms with Gasteiger partial charge in [-0.3, -0.25) is 4.79 Å². The van der Waals surface area contributed by atoms with Crippen molar-refractivity contribution in [1.29, 1.82) is 5.41 Å². The SMILES string of the molecule is N=Cc1ccc(COc2ccc3c(c2)OCC3CC(=O)O)cc1NCc1ccccc1. The van der Waals surface area contributed by atoms with Crippen molar-refractivity contribution in [2.24, 2.45) is 0 Å². The summed E-state index contributed by atoms with van der Waals surface area (Å²) in [4.78, 5) is 11.0. The maximum absolute atomic E-state index is 11.0. The Labute approximate surface area is 181 Å². The maximum Gasteiger partial charge on any atom is 0.304 e. The normalized spacial score (nSPS) is 14.4. The number of carboxylic acid groups (broad SMARTS) is 1. The zero-order valence-electron chi connectivity index (χ0n) is 17.0. The van der Waals surface area contributed by atoms with E-state index in [0.29, 0.717) is 31.3 Å². The number of hydrogen-bond donors (Lipinski definition) is 3. The molecule has 6 nitrogen and oxygen atoms in total. The molecule has 1 unspecified atom stereocenters. The first-order chi connectivity index (χ1) is 15.1. The van der Waals surface area contributed by atoms with E-state index in [1.807, 2.05) is 54.6 Å². The van der Waals surface area contributed by atoms with E-state index < -0.39 is 5.97 Å². The molecule has 6 heteroatoms. The molecule has 0 aromatic heterocycles. The van der Waals surface area contributed by atoms with Crippen LogP contribution in [0.4, 0.5) is 5.69 Å². The lowest BCUT2D eigenvalue weighted by atomic mass is 9.98. The highest BCUT2D eigenvalue weighted by atomic mass is 16.5. The van der Waals surface area contributed by atoms with E-state index in [0.717, 1.165) is 22.4 Å². The molecule has 1 aliphatic rings. The van der Waals surface area contributed by atoms with Crippen LogP contribution in [0.3, 0.4) is 0 Å². The fourth-order valence-electron chi connectivity index (χ4n) is 3.66. The standard InChI is InChI=1S/C25H24N2O4/c26-13-19-7-6-18(10-23(19)27-14-17-4-2-1-3-5-17)15-30-21-8-9-22-20(11-25(28)29)16-31-24(22)12-21/h1-10,12-13,20,26-27H,11,14-16H2,(H,28,29). The Kier molecular flexibility index (Phi) is 6.17. The van der Waals surface area contributed by atoms with Crippen molar-refractivity contribution in [2.75, 3.05) is 11.9 Å². The van der Waals surface area contributed by atoms with Gasteiger partial charge in [0.25, 0.3) is 0 Å². The summed E-state index contributed by atoms with van der Waals surface area (Å²) in [6, 6.07) is 21.5. The summed E-state index contributed by atoms with van der Waals surface area (Å²) in [6.45, 7) is 1.42. The third-order valence-electron chi connectivity index (χ3n) is 5.29. The molecule has 3 N–H and O–H groups in total. The van der Waals surface area contributed by atoms with Crippen molar-refractivity contribution in [1.82, 2.24) is 0 Å². The molecule has 31 heavy (non-hydrogen) atoms. The highest BCUT2D eigenvalue weighted by Gasteiger charge is 2.26. The number of carboxylic acids is 1. The summed E-state index contributed by atoms with van der Waals surface area (Å²) >= 11 is 0. The molecular weight excluding hydrogens is 392 g/mol. The van der Waals surface area contributed by atoms with Gasteiger partial charge in [-0.1, -0.05) is 48.5 Å². The Hall–Kier alpha value is -3.80. The second kappa shape index (κ2) is 9.34. The number of carbonyl (C=O) groups is 1. The van der Waals surface area contributed by atoms with Crippen LogP contribution in [0.25, 0.3) is 0 Å². The van der Waals surface area contributed by atoms with Crippen molar-refractivity contribution < 1.29 is 19.4 Å². The van der Waals surface area contributed by atoms with Gasteiger partial charge in [0, 0.05) is 41.6 Å². The van der Waals surface area contributed by atoms with Crippen LogP contribution in [0.2, 0.25) is 0 Å². The molecule has 1 aliphatic heterocycles.